The third-order valence-electron chi connectivity index (χ3n) is 3.67. The van der Waals surface area contributed by atoms with E-state index in [1.807, 2.05) is 12.1 Å². The number of nitrogens with zero attached hydrogens (tertiary/aromatic N) is 1. The molecule has 1 aromatic carbocycles. The van der Waals surface area contributed by atoms with E-state index in [2.05, 4.69) is 11.0 Å². The summed E-state index contributed by atoms with van der Waals surface area (Å²) < 4.78 is 10.7. The predicted octanol–water partition coefficient (Wildman–Crippen LogP) is 1.83. The minimum absolute atomic E-state index is 0.262. The van der Waals surface area contributed by atoms with Crippen LogP contribution in [0.25, 0.3) is 0 Å². The Kier molecular flexibility index (Phi) is 3.19. The van der Waals surface area contributed by atoms with E-state index in [4.69, 9.17) is 9.47 Å². The highest BCUT2D eigenvalue weighted by molar-refractivity contribution is 5.53. The zero-order valence-electron chi connectivity index (χ0n) is 10.3. The SMILES string of the molecule is O=CC1CCN(Cc2ccc3c(c2)OCO3)CC1. The van der Waals surface area contributed by atoms with E-state index < -0.39 is 0 Å². The monoisotopic (exact) mass is 247 g/mol. The fourth-order valence-electron chi connectivity index (χ4n) is 2.54. The Bertz CT molecular complexity index is 439. The summed E-state index contributed by atoms with van der Waals surface area (Å²) in [7, 11) is 0. The van der Waals surface area contributed by atoms with E-state index in [0.29, 0.717) is 6.79 Å². The molecule has 4 nitrogen and oxygen atoms in total. The minimum Gasteiger partial charge on any atom is -0.454 e. The van der Waals surface area contributed by atoms with Crippen molar-refractivity contribution < 1.29 is 14.3 Å². The van der Waals surface area contributed by atoms with Crippen LogP contribution in [0, 0.1) is 5.92 Å². The average Bonchev–Trinajstić information content (AvgIpc) is 2.87. The predicted molar refractivity (Wildman–Crippen MR) is 66.6 cm³/mol. The summed E-state index contributed by atoms with van der Waals surface area (Å²) in [5.74, 6) is 1.94. The van der Waals surface area contributed by atoms with E-state index in [1.54, 1.807) is 0 Å². The van der Waals surface area contributed by atoms with Gasteiger partial charge in [0.05, 0.1) is 0 Å². The van der Waals surface area contributed by atoms with Gasteiger partial charge in [-0.1, -0.05) is 6.07 Å². The highest BCUT2D eigenvalue weighted by atomic mass is 16.7. The van der Waals surface area contributed by atoms with Crippen molar-refractivity contribution in [3.05, 3.63) is 23.8 Å². The molecule has 18 heavy (non-hydrogen) atoms. The highest BCUT2D eigenvalue weighted by Crippen LogP contribution is 2.33. The molecular formula is C14H17NO3. The van der Waals surface area contributed by atoms with Gasteiger partial charge in [-0.05, 0) is 43.6 Å². The largest absolute Gasteiger partial charge is 0.454 e. The van der Waals surface area contributed by atoms with Crippen molar-refractivity contribution in [3.63, 3.8) is 0 Å². The number of ether oxygens (including phenoxy) is 2. The van der Waals surface area contributed by atoms with Crippen LogP contribution in [0.4, 0.5) is 0 Å². The lowest BCUT2D eigenvalue weighted by Crippen LogP contribution is -2.33. The molecule has 0 saturated carbocycles. The molecule has 0 bridgehead atoms. The van der Waals surface area contributed by atoms with E-state index in [9.17, 15) is 4.79 Å². The van der Waals surface area contributed by atoms with Gasteiger partial charge in [0.2, 0.25) is 6.79 Å². The van der Waals surface area contributed by atoms with Crippen molar-refractivity contribution >= 4 is 6.29 Å². The lowest BCUT2D eigenvalue weighted by Gasteiger charge is -2.29. The number of piperidine rings is 1. The number of rotatable bonds is 3. The molecule has 0 amide bonds. The number of fused-ring (bicyclic) bond motifs is 1. The first-order valence-corrected chi connectivity index (χ1v) is 6.41. The van der Waals surface area contributed by atoms with Crippen LogP contribution in [0.2, 0.25) is 0 Å². The van der Waals surface area contributed by atoms with Gasteiger partial charge in [-0.3, -0.25) is 4.90 Å². The van der Waals surface area contributed by atoms with Crippen molar-refractivity contribution in [2.45, 2.75) is 19.4 Å². The Hall–Kier alpha value is -1.55. The molecule has 2 heterocycles. The molecule has 0 atom stereocenters. The van der Waals surface area contributed by atoms with E-state index in [-0.39, 0.29) is 5.92 Å². The van der Waals surface area contributed by atoms with Gasteiger partial charge in [-0.15, -0.1) is 0 Å². The topological polar surface area (TPSA) is 38.8 Å². The third-order valence-corrected chi connectivity index (χ3v) is 3.67. The van der Waals surface area contributed by atoms with E-state index in [1.165, 1.54) is 5.56 Å². The summed E-state index contributed by atoms with van der Waals surface area (Å²) in [6.45, 7) is 3.24. The second kappa shape index (κ2) is 4.98. The van der Waals surface area contributed by atoms with Gasteiger partial charge < -0.3 is 14.3 Å². The molecule has 2 aliphatic rings. The second-order valence-corrected chi connectivity index (χ2v) is 4.94. The van der Waals surface area contributed by atoms with Gasteiger partial charge in [0.15, 0.2) is 11.5 Å². The third kappa shape index (κ3) is 2.34. The van der Waals surface area contributed by atoms with Crippen LogP contribution in [0.1, 0.15) is 18.4 Å². The van der Waals surface area contributed by atoms with Crippen molar-refractivity contribution in [3.8, 4) is 11.5 Å². The molecule has 0 N–H and O–H groups in total. The summed E-state index contributed by atoms with van der Waals surface area (Å²) in [6.07, 6.45) is 3.06. The zero-order chi connectivity index (χ0) is 12.4. The molecule has 4 heteroatoms. The average molecular weight is 247 g/mol. The number of hydrogen-bond acceptors (Lipinski definition) is 4. The quantitative estimate of drug-likeness (QED) is 0.764. The molecule has 1 aromatic rings. The lowest BCUT2D eigenvalue weighted by molar-refractivity contribution is -0.112. The van der Waals surface area contributed by atoms with Gasteiger partial charge in [0.1, 0.15) is 6.29 Å². The van der Waals surface area contributed by atoms with Crippen LogP contribution in [-0.2, 0) is 11.3 Å². The Morgan fingerprint density at radius 1 is 1.22 bits per heavy atom. The maximum Gasteiger partial charge on any atom is 0.231 e. The van der Waals surface area contributed by atoms with Crippen LogP contribution in [0.5, 0.6) is 11.5 Å². The number of aldehydes is 1. The summed E-state index contributed by atoms with van der Waals surface area (Å²) in [4.78, 5) is 13.1. The Morgan fingerprint density at radius 3 is 2.78 bits per heavy atom. The molecule has 2 aliphatic heterocycles. The molecule has 0 aliphatic carbocycles. The zero-order valence-corrected chi connectivity index (χ0v) is 10.3. The Labute approximate surface area is 106 Å². The number of likely N-dealkylation sites (tertiary alicyclic amines) is 1. The van der Waals surface area contributed by atoms with Crippen LogP contribution in [0.15, 0.2) is 18.2 Å². The fraction of sp³-hybridized carbons (Fsp3) is 0.500. The molecule has 0 unspecified atom stereocenters. The molecule has 96 valence electrons. The molecule has 0 spiro atoms. The first-order valence-electron chi connectivity index (χ1n) is 6.41. The fourth-order valence-corrected chi connectivity index (χ4v) is 2.54. The highest BCUT2D eigenvalue weighted by Gasteiger charge is 2.19. The van der Waals surface area contributed by atoms with E-state index in [0.717, 1.165) is 50.3 Å². The summed E-state index contributed by atoms with van der Waals surface area (Å²) in [6, 6.07) is 6.10. The minimum atomic E-state index is 0.262. The first kappa shape index (κ1) is 11.5. The smallest absolute Gasteiger partial charge is 0.231 e. The van der Waals surface area contributed by atoms with Gasteiger partial charge in [0, 0.05) is 12.5 Å². The van der Waals surface area contributed by atoms with E-state index >= 15 is 0 Å². The van der Waals surface area contributed by atoms with Crippen molar-refractivity contribution in [1.29, 1.82) is 0 Å². The summed E-state index contributed by atoms with van der Waals surface area (Å²) in [5, 5.41) is 0. The van der Waals surface area contributed by atoms with Gasteiger partial charge in [0.25, 0.3) is 0 Å². The maximum atomic E-state index is 10.7. The van der Waals surface area contributed by atoms with Crippen molar-refractivity contribution in [1.82, 2.24) is 4.90 Å². The molecule has 1 fully saturated rings. The lowest BCUT2D eigenvalue weighted by atomic mass is 9.98. The number of carbonyl (C=O) groups is 1. The normalized spacial score (nSPS) is 20.0. The molecule has 0 radical (unpaired) electrons. The molecule has 1 saturated heterocycles. The van der Waals surface area contributed by atoms with Crippen LogP contribution in [-0.4, -0.2) is 31.1 Å². The van der Waals surface area contributed by atoms with Crippen molar-refractivity contribution in [2.24, 2.45) is 5.92 Å². The number of carbonyl (C=O) groups excluding carboxylic acids is 1. The Morgan fingerprint density at radius 2 is 2.00 bits per heavy atom. The first-order chi connectivity index (χ1) is 8.85. The van der Waals surface area contributed by atoms with Gasteiger partial charge in [-0.2, -0.15) is 0 Å². The second-order valence-electron chi connectivity index (χ2n) is 4.94. The molecular weight excluding hydrogens is 230 g/mol. The van der Waals surface area contributed by atoms with Crippen LogP contribution < -0.4 is 9.47 Å². The van der Waals surface area contributed by atoms with Gasteiger partial charge >= 0.3 is 0 Å². The van der Waals surface area contributed by atoms with Crippen molar-refractivity contribution in [2.75, 3.05) is 19.9 Å². The summed E-state index contributed by atoms with van der Waals surface area (Å²) in [5.41, 5.74) is 1.24. The van der Waals surface area contributed by atoms with Crippen LogP contribution in [0.3, 0.4) is 0 Å². The standard InChI is InChI=1S/C14H17NO3/c16-9-11-3-5-15(6-4-11)8-12-1-2-13-14(7-12)18-10-17-13/h1-2,7,9,11H,3-6,8,10H2. The maximum absolute atomic E-state index is 10.7. The molecule has 0 aromatic heterocycles. The summed E-state index contributed by atoms with van der Waals surface area (Å²) >= 11 is 0. The van der Waals surface area contributed by atoms with Gasteiger partial charge in [-0.25, -0.2) is 0 Å². The number of benzene rings is 1. The van der Waals surface area contributed by atoms with Crippen LogP contribution >= 0.6 is 0 Å². The Balaban J connectivity index is 1.61. The number of hydrogen-bond donors (Lipinski definition) is 0. The molecule has 3 rings (SSSR count).